The van der Waals surface area contributed by atoms with Crippen LogP contribution in [0.5, 0.6) is 11.5 Å². The molecule has 1 N–H and O–H groups in total. The summed E-state index contributed by atoms with van der Waals surface area (Å²) in [6, 6.07) is 9.70. The van der Waals surface area contributed by atoms with Crippen LogP contribution in [0.3, 0.4) is 0 Å². The fourth-order valence-electron chi connectivity index (χ4n) is 2.23. The zero-order chi connectivity index (χ0) is 16.6. The van der Waals surface area contributed by atoms with Crippen molar-refractivity contribution in [2.24, 2.45) is 5.10 Å². The van der Waals surface area contributed by atoms with Crippen LogP contribution in [-0.4, -0.2) is 35.3 Å². The fourth-order valence-corrected chi connectivity index (χ4v) is 2.69. The summed E-state index contributed by atoms with van der Waals surface area (Å²) in [5.74, 6) is -0.716. The number of fused-ring (bicyclic) bond motifs is 1. The SMILES string of the molecule is COc1cc(C=NN2C(=O)c3ccccc3C2=O)cc(Br)c1O. The van der Waals surface area contributed by atoms with Gasteiger partial charge in [-0.15, -0.1) is 0 Å². The molecule has 6 nitrogen and oxygen atoms in total. The number of hydrogen-bond donors (Lipinski definition) is 1. The molecule has 1 heterocycles. The largest absolute Gasteiger partial charge is 0.503 e. The number of imide groups is 1. The molecule has 0 saturated heterocycles. The summed E-state index contributed by atoms with van der Waals surface area (Å²) in [4.78, 5) is 24.4. The van der Waals surface area contributed by atoms with Gasteiger partial charge in [0.05, 0.1) is 28.9 Å². The van der Waals surface area contributed by atoms with Crippen molar-refractivity contribution in [2.75, 3.05) is 7.11 Å². The molecular weight excluding hydrogens is 364 g/mol. The predicted molar refractivity (Wildman–Crippen MR) is 86.9 cm³/mol. The zero-order valence-electron chi connectivity index (χ0n) is 12.0. The van der Waals surface area contributed by atoms with Crippen molar-refractivity contribution in [2.45, 2.75) is 0 Å². The first-order chi connectivity index (χ1) is 11.0. The number of rotatable bonds is 3. The summed E-state index contributed by atoms with van der Waals surface area (Å²) >= 11 is 3.20. The second-order valence-corrected chi connectivity index (χ2v) is 5.62. The lowest BCUT2D eigenvalue weighted by Crippen LogP contribution is -2.23. The van der Waals surface area contributed by atoms with E-state index in [-0.39, 0.29) is 11.5 Å². The number of hydrazone groups is 1. The molecule has 1 aliphatic heterocycles. The van der Waals surface area contributed by atoms with Crippen molar-refractivity contribution in [3.63, 3.8) is 0 Å². The Hall–Kier alpha value is -2.67. The van der Waals surface area contributed by atoms with Crippen LogP contribution < -0.4 is 4.74 Å². The van der Waals surface area contributed by atoms with Gasteiger partial charge in [-0.3, -0.25) is 9.59 Å². The molecule has 7 heteroatoms. The number of phenolic OH excluding ortho intramolecular Hbond substituents is 1. The van der Waals surface area contributed by atoms with Crippen LogP contribution >= 0.6 is 15.9 Å². The highest BCUT2D eigenvalue weighted by Crippen LogP contribution is 2.34. The minimum Gasteiger partial charge on any atom is -0.503 e. The summed E-state index contributed by atoms with van der Waals surface area (Å²) in [5, 5.41) is 14.6. The van der Waals surface area contributed by atoms with Gasteiger partial charge in [-0.25, -0.2) is 0 Å². The minimum atomic E-state index is -0.466. The van der Waals surface area contributed by atoms with Gasteiger partial charge >= 0.3 is 0 Å². The molecular formula is C16H11BrN2O4. The molecule has 1 aliphatic rings. The second kappa shape index (κ2) is 5.85. The zero-order valence-corrected chi connectivity index (χ0v) is 13.6. The van der Waals surface area contributed by atoms with Gasteiger partial charge in [-0.1, -0.05) is 12.1 Å². The van der Waals surface area contributed by atoms with Crippen molar-refractivity contribution >= 4 is 34.0 Å². The number of methoxy groups -OCH3 is 1. The predicted octanol–water partition coefficient (Wildman–Crippen LogP) is 2.79. The van der Waals surface area contributed by atoms with Crippen molar-refractivity contribution in [1.82, 2.24) is 5.01 Å². The van der Waals surface area contributed by atoms with E-state index >= 15 is 0 Å². The lowest BCUT2D eigenvalue weighted by atomic mass is 10.1. The topological polar surface area (TPSA) is 79.2 Å². The van der Waals surface area contributed by atoms with Gasteiger partial charge in [-0.05, 0) is 45.8 Å². The van der Waals surface area contributed by atoms with E-state index in [0.717, 1.165) is 5.01 Å². The Bertz CT molecular complexity index is 813. The monoisotopic (exact) mass is 374 g/mol. The Kier molecular flexibility index (Phi) is 3.87. The Morgan fingerprint density at radius 3 is 2.35 bits per heavy atom. The average Bonchev–Trinajstić information content (AvgIpc) is 2.80. The summed E-state index contributed by atoms with van der Waals surface area (Å²) in [6.45, 7) is 0. The highest BCUT2D eigenvalue weighted by molar-refractivity contribution is 9.10. The van der Waals surface area contributed by atoms with Crippen LogP contribution in [0.25, 0.3) is 0 Å². The van der Waals surface area contributed by atoms with Crippen molar-refractivity contribution in [1.29, 1.82) is 0 Å². The van der Waals surface area contributed by atoms with Crippen LogP contribution in [0, 0.1) is 0 Å². The molecule has 0 atom stereocenters. The number of aromatic hydroxyl groups is 1. The molecule has 0 bridgehead atoms. The number of phenols is 1. The number of halogens is 1. The molecule has 0 saturated carbocycles. The van der Waals surface area contributed by atoms with E-state index in [0.29, 0.717) is 21.2 Å². The van der Waals surface area contributed by atoms with Crippen LogP contribution in [0.1, 0.15) is 26.3 Å². The normalized spacial score (nSPS) is 13.7. The molecule has 2 aromatic carbocycles. The molecule has 23 heavy (non-hydrogen) atoms. The maximum Gasteiger partial charge on any atom is 0.282 e. The molecule has 3 rings (SSSR count). The van der Waals surface area contributed by atoms with E-state index in [9.17, 15) is 14.7 Å². The van der Waals surface area contributed by atoms with E-state index in [1.165, 1.54) is 13.3 Å². The number of benzene rings is 2. The molecule has 0 spiro atoms. The number of carbonyl (C=O) groups excluding carboxylic acids is 2. The van der Waals surface area contributed by atoms with E-state index in [1.54, 1.807) is 36.4 Å². The van der Waals surface area contributed by atoms with Gasteiger partial charge < -0.3 is 9.84 Å². The molecule has 0 radical (unpaired) electrons. The summed E-state index contributed by atoms with van der Waals surface area (Å²) in [5.41, 5.74) is 1.22. The van der Waals surface area contributed by atoms with Crippen LogP contribution in [0.15, 0.2) is 46.0 Å². The minimum absolute atomic E-state index is 0.0367. The Morgan fingerprint density at radius 2 is 1.78 bits per heavy atom. The number of carbonyl (C=O) groups is 2. The van der Waals surface area contributed by atoms with Gasteiger partial charge in [0.1, 0.15) is 0 Å². The number of hydrogen-bond acceptors (Lipinski definition) is 5. The van der Waals surface area contributed by atoms with Crippen LogP contribution in [0.4, 0.5) is 0 Å². The van der Waals surface area contributed by atoms with Crippen molar-refractivity contribution < 1.29 is 19.4 Å². The quantitative estimate of drug-likeness (QED) is 0.661. The van der Waals surface area contributed by atoms with Gasteiger partial charge in [0, 0.05) is 0 Å². The first-order valence-electron chi connectivity index (χ1n) is 6.61. The third-order valence-electron chi connectivity index (χ3n) is 3.37. The Morgan fingerprint density at radius 1 is 1.17 bits per heavy atom. The third kappa shape index (κ3) is 2.59. The molecule has 0 fully saturated rings. The van der Waals surface area contributed by atoms with Gasteiger partial charge in [-0.2, -0.15) is 10.1 Å². The van der Waals surface area contributed by atoms with E-state index < -0.39 is 11.8 Å². The lowest BCUT2D eigenvalue weighted by molar-refractivity contribution is 0.0660. The summed E-state index contributed by atoms with van der Waals surface area (Å²) in [7, 11) is 1.42. The second-order valence-electron chi connectivity index (χ2n) is 4.77. The molecule has 2 aromatic rings. The lowest BCUT2D eigenvalue weighted by Gasteiger charge is -2.08. The van der Waals surface area contributed by atoms with Crippen molar-refractivity contribution in [3.05, 3.63) is 57.6 Å². The number of amides is 2. The highest BCUT2D eigenvalue weighted by atomic mass is 79.9. The fraction of sp³-hybridized carbons (Fsp3) is 0.0625. The number of ether oxygens (including phenoxy) is 1. The molecule has 116 valence electrons. The molecule has 0 aromatic heterocycles. The van der Waals surface area contributed by atoms with E-state index in [1.807, 2.05) is 0 Å². The van der Waals surface area contributed by atoms with Gasteiger partial charge in [0.2, 0.25) is 0 Å². The average molecular weight is 375 g/mol. The van der Waals surface area contributed by atoms with E-state index in [4.69, 9.17) is 4.74 Å². The third-order valence-corrected chi connectivity index (χ3v) is 3.97. The Labute approximate surface area is 140 Å². The molecule has 0 unspecified atom stereocenters. The van der Waals surface area contributed by atoms with Crippen LogP contribution in [-0.2, 0) is 0 Å². The van der Waals surface area contributed by atoms with Crippen molar-refractivity contribution in [3.8, 4) is 11.5 Å². The maximum absolute atomic E-state index is 12.2. The van der Waals surface area contributed by atoms with Gasteiger partial charge in [0.15, 0.2) is 11.5 Å². The number of nitrogens with zero attached hydrogens (tertiary/aromatic N) is 2. The first kappa shape index (κ1) is 15.2. The smallest absolute Gasteiger partial charge is 0.282 e. The van der Waals surface area contributed by atoms with E-state index in [2.05, 4.69) is 21.0 Å². The summed E-state index contributed by atoms with van der Waals surface area (Å²) < 4.78 is 5.46. The van der Waals surface area contributed by atoms with Gasteiger partial charge in [0.25, 0.3) is 11.8 Å². The molecule has 0 aliphatic carbocycles. The maximum atomic E-state index is 12.2. The molecule has 2 amide bonds. The highest BCUT2D eigenvalue weighted by Gasteiger charge is 2.35. The first-order valence-corrected chi connectivity index (χ1v) is 7.40. The van der Waals surface area contributed by atoms with Crippen LogP contribution in [0.2, 0.25) is 0 Å². The standard InChI is InChI=1S/C16H11BrN2O4/c1-23-13-7-9(6-12(17)14(13)20)8-18-19-15(21)10-4-2-3-5-11(10)16(19)22/h2-8,20H,1H3. The Balaban J connectivity index is 1.92. The summed E-state index contributed by atoms with van der Waals surface area (Å²) in [6.07, 6.45) is 1.36.